The van der Waals surface area contributed by atoms with E-state index in [1.54, 1.807) is 42.6 Å². The minimum atomic E-state index is -0.395. The van der Waals surface area contributed by atoms with Crippen molar-refractivity contribution < 1.29 is 9.21 Å². The summed E-state index contributed by atoms with van der Waals surface area (Å²) in [5, 5.41) is 4.76. The van der Waals surface area contributed by atoms with Crippen LogP contribution in [0.1, 0.15) is 28.7 Å². The summed E-state index contributed by atoms with van der Waals surface area (Å²) >= 11 is 12.2. The Kier molecular flexibility index (Phi) is 5.71. The van der Waals surface area contributed by atoms with Crippen LogP contribution < -0.4 is 5.43 Å². The molecular formula is C19H15Cl2N3O2. The predicted molar refractivity (Wildman–Crippen MR) is 103 cm³/mol. The van der Waals surface area contributed by atoms with Crippen molar-refractivity contribution >= 4 is 35.3 Å². The number of hydrogen-bond acceptors (Lipinski definition) is 4. The molecule has 2 heterocycles. The van der Waals surface area contributed by atoms with E-state index in [9.17, 15) is 4.79 Å². The predicted octanol–water partition coefficient (Wildman–Crippen LogP) is 4.97. The maximum atomic E-state index is 12.0. The molecule has 1 amide bonds. The minimum absolute atomic E-state index is 0.296. The Morgan fingerprint density at radius 1 is 1.23 bits per heavy atom. The molecule has 1 N–H and O–H groups in total. The number of benzene rings is 1. The molecule has 3 rings (SSSR count). The summed E-state index contributed by atoms with van der Waals surface area (Å²) in [6, 6.07) is 12.3. The molecule has 7 heteroatoms. The molecule has 0 fully saturated rings. The third kappa shape index (κ3) is 4.12. The van der Waals surface area contributed by atoms with Crippen LogP contribution in [0, 0.1) is 0 Å². The van der Waals surface area contributed by atoms with E-state index in [0.29, 0.717) is 32.8 Å². The lowest BCUT2D eigenvalue weighted by molar-refractivity contribution is 0.0950. The smallest absolute Gasteiger partial charge is 0.289 e. The Bertz CT molecular complexity index is 950. The number of carbonyl (C=O) groups excluding carboxylic acids is 1. The number of rotatable bonds is 5. The van der Waals surface area contributed by atoms with E-state index in [0.717, 1.165) is 12.0 Å². The highest BCUT2D eigenvalue weighted by Gasteiger charge is 2.10. The van der Waals surface area contributed by atoms with Crippen molar-refractivity contribution in [1.29, 1.82) is 0 Å². The maximum Gasteiger partial charge on any atom is 0.289 e. The van der Waals surface area contributed by atoms with Crippen molar-refractivity contribution in [2.75, 3.05) is 0 Å². The van der Waals surface area contributed by atoms with Gasteiger partial charge in [0.05, 0.1) is 16.3 Å². The second-order valence-electron chi connectivity index (χ2n) is 5.41. The van der Waals surface area contributed by atoms with Crippen LogP contribution in [0.2, 0.25) is 10.0 Å². The van der Waals surface area contributed by atoms with Gasteiger partial charge in [-0.3, -0.25) is 9.78 Å². The summed E-state index contributed by atoms with van der Waals surface area (Å²) in [5.74, 6) is 0.626. The van der Waals surface area contributed by atoms with Crippen LogP contribution in [-0.2, 0) is 6.42 Å². The van der Waals surface area contributed by atoms with E-state index in [1.807, 2.05) is 13.0 Å². The number of hydrazone groups is 1. The van der Waals surface area contributed by atoms with Gasteiger partial charge in [-0.15, -0.1) is 0 Å². The standard InChI is InChI=1S/C19H15Cl2N3O2/c1-2-12-6-8-16(22-10-12)19(25)24-23-11-13-7-9-17(26-13)14-4-3-5-15(20)18(14)21/h3-11H,2H2,1H3,(H,24,25)/b23-11-. The third-order valence-corrected chi connectivity index (χ3v) is 4.49. The van der Waals surface area contributed by atoms with Crippen LogP contribution in [0.3, 0.4) is 0 Å². The van der Waals surface area contributed by atoms with Gasteiger partial charge in [0.1, 0.15) is 17.2 Å². The fourth-order valence-electron chi connectivity index (χ4n) is 2.24. The third-order valence-electron chi connectivity index (χ3n) is 3.67. The van der Waals surface area contributed by atoms with Gasteiger partial charge in [-0.1, -0.05) is 42.3 Å². The highest BCUT2D eigenvalue weighted by atomic mass is 35.5. The van der Waals surface area contributed by atoms with E-state index in [-0.39, 0.29) is 0 Å². The van der Waals surface area contributed by atoms with Gasteiger partial charge < -0.3 is 4.42 Å². The molecule has 0 unspecified atom stereocenters. The average molecular weight is 388 g/mol. The maximum absolute atomic E-state index is 12.0. The minimum Gasteiger partial charge on any atom is -0.455 e. The summed E-state index contributed by atoms with van der Waals surface area (Å²) in [6.07, 6.45) is 3.94. The van der Waals surface area contributed by atoms with Crippen molar-refractivity contribution in [3.63, 3.8) is 0 Å². The molecule has 0 radical (unpaired) electrons. The first-order valence-corrected chi connectivity index (χ1v) is 8.66. The Hall–Kier alpha value is -2.63. The Labute approximate surface area is 160 Å². The van der Waals surface area contributed by atoms with Crippen LogP contribution in [0.15, 0.2) is 58.2 Å². The largest absolute Gasteiger partial charge is 0.455 e. The second-order valence-corrected chi connectivity index (χ2v) is 6.19. The van der Waals surface area contributed by atoms with Gasteiger partial charge in [-0.25, -0.2) is 5.43 Å². The lowest BCUT2D eigenvalue weighted by Crippen LogP contribution is -2.18. The number of aryl methyl sites for hydroxylation is 1. The van der Waals surface area contributed by atoms with E-state index >= 15 is 0 Å². The summed E-state index contributed by atoms with van der Waals surface area (Å²) in [6.45, 7) is 2.02. The summed E-state index contributed by atoms with van der Waals surface area (Å²) < 4.78 is 5.66. The fourth-order valence-corrected chi connectivity index (χ4v) is 2.63. The number of carbonyl (C=O) groups is 1. The van der Waals surface area contributed by atoms with Crippen molar-refractivity contribution in [3.05, 3.63) is 75.7 Å². The van der Waals surface area contributed by atoms with Crippen LogP contribution in [0.5, 0.6) is 0 Å². The van der Waals surface area contributed by atoms with Crippen LogP contribution in [-0.4, -0.2) is 17.1 Å². The number of amides is 1. The molecule has 3 aromatic rings. The molecule has 0 aliphatic heterocycles. The van der Waals surface area contributed by atoms with Gasteiger partial charge in [0.25, 0.3) is 5.91 Å². The SMILES string of the molecule is CCc1ccc(C(=O)N/N=C\c2ccc(-c3cccc(Cl)c3Cl)o2)nc1. The van der Waals surface area contributed by atoms with Crippen molar-refractivity contribution in [1.82, 2.24) is 10.4 Å². The highest BCUT2D eigenvalue weighted by Crippen LogP contribution is 2.34. The van der Waals surface area contributed by atoms with Gasteiger partial charge in [-0.2, -0.15) is 5.10 Å². The average Bonchev–Trinajstić information content (AvgIpc) is 3.12. The molecule has 0 saturated heterocycles. The van der Waals surface area contributed by atoms with E-state index < -0.39 is 5.91 Å². The molecule has 132 valence electrons. The van der Waals surface area contributed by atoms with Crippen molar-refractivity contribution in [2.45, 2.75) is 13.3 Å². The zero-order valence-electron chi connectivity index (χ0n) is 13.9. The number of nitrogens with zero attached hydrogens (tertiary/aromatic N) is 2. The molecule has 26 heavy (non-hydrogen) atoms. The monoisotopic (exact) mass is 387 g/mol. The Balaban J connectivity index is 1.67. The van der Waals surface area contributed by atoms with Crippen LogP contribution in [0.25, 0.3) is 11.3 Å². The molecule has 0 saturated carbocycles. The topological polar surface area (TPSA) is 67.5 Å². The lowest BCUT2D eigenvalue weighted by Gasteiger charge is -2.02. The molecule has 2 aromatic heterocycles. The summed E-state index contributed by atoms with van der Waals surface area (Å²) in [7, 11) is 0. The molecule has 0 aliphatic rings. The summed E-state index contributed by atoms with van der Waals surface area (Å²) in [4.78, 5) is 16.1. The van der Waals surface area contributed by atoms with Gasteiger partial charge in [0, 0.05) is 11.8 Å². The molecule has 5 nitrogen and oxygen atoms in total. The van der Waals surface area contributed by atoms with E-state index in [1.165, 1.54) is 6.21 Å². The van der Waals surface area contributed by atoms with Crippen LogP contribution >= 0.6 is 23.2 Å². The van der Waals surface area contributed by atoms with E-state index in [4.69, 9.17) is 27.6 Å². The molecule has 0 aliphatic carbocycles. The molecule has 0 spiro atoms. The number of furan rings is 1. The van der Waals surface area contributed by atoms with Crippen LogP contribution in [0.4, 0.5) is 0 Å². The first-order chi connectivity index (χ1) is 12.6. The lowest BCUT2D eigenvalue weighted by atomic mass is 10.2. The van der Waals surface area contributed by atoms with Crippen molar-refractivity contribution in [2.24, 2.45) is 5.10 Å². The van der Waals surface area contributed by atoms with E-state index in [2.05, 4.69) is 15.5 Å². The zero-order chi connectivity index (χ0) is 18.5. The van der Waals surface area contributed by atoms with Gasteiger partial charge in [0.2, 0.25) is 0 Å². The van der Waals surface area contributed by atoms with Gasteiger partial charge >= 0.3 is 0 Å². The second kappa shape index (κ2) is 8.17. The Morgan fingerprint density at radius 2 is 2.08 bits per heavy atom. The zero-order valence-corrected chi connectivity index (χ0v) is 15.4. The molecule has 0 bridgehead atoms. The normalized spacial score (nSPS) is 11.0. The van der Waals surface area contributed by atoms with Gasteiger partial charge in [-0.05, 0) is 42.3 Å². The molecule has 1 aromatic carbocycles. The molecular weight excluding hydrogens is 373 g/mol. The quantitative estimate of drug-likeness (QED) is 0.496. The number of aromatic nitrogens is 1. The number of pyridine rings is 1. The van der Waals surface area contributed by atoms with Gasteiger partial charge in [0.15, 0.2) is 0 Å². The Morgan fingerprint density at radius 3 is 2.81 bits per heavy atom. The number of hydrogen-bond donors (Lipinski definition) is 1. The highest BCUT2D eigenvalue weighted by molar-refractivity contribution is 6.43. The summed E-state index contributed by atoms with van der Waals surface area (Å²) in [5.41, 5.74) is 4.46. The number of halogens is 2. The van der Waals surface area contributed by atoms with Crippen molar-refractivity contribution in [3.8, 4) is 11.3 Å². The number of nitrogens with one attached hydrogen (secondary N) is 1. The molecule has 0 atom stereocenters. The first kappa shape index (κ1) is 18.2. The first-order valence-electron chi connectivity index (χ1n) is 7.91. The fraction of sp³-hybridized carbons (Fsp3) is 0.105.